The van der Waals surface area contributed by atoms with Crippen LogP contribution in [0, 0.1) is 11.7 Å². The van der Waals surface area contributed by atoms with Crippen LogP contribution in [0.5, 0.6) is 0 Å². The van der Waals surface area contributed by atoms with Gasteiger partial charge >= 0.3 is 0 Å². The van der Waals surface area contributed by atoms with Crippen LogP contribution >= 0.6 is 0 Å². The number of amides is 2. The van der Waals surface area contributed by atoms with E-state index in [0.29, 0.717) is 41.0 Å². The largest absolute Gasteiger partial charge is 0.390 e. The van der Waals surface area contributed by atoms with E-state index in [-0.39, 0.29) is 36.6 Å². The number of hydrogen-bond acceptors (Lipinski definition) is 6. The van der Waals surface area contributed by atoms with Crippen LogP contribution in [0.15, 0.2) is 54.6 Å². The number of nitrogens with zero attached hydrogens (tertiary/aromatic N) is 3. The molecule has 0 spiro atoms. The first-order valence-corrected chi connectivity index (χ1v) is 14.8. The molecule has 222 valence electrons. The highest BCUT2D eigenvalue weighted by molar-refractivity contribution is 5.91. The van der Waals surface area contributed by atoms with E-state index in [1.807, 2.05) is 49.2 Å². The van der Waals surface area contributed by atoms with E-state index in [1.165, 1.54) is 6.07 Å². The minimum absolute atomic E-state index is 0.127. The van der Waals surface area contributed by atoms with Gasteiger partial charge in [0, 0.05) is 48.2 Å². The Morgan fingerprint density at radius 3 is 2.36 bits per heavy atom. The zero-order chi connectivity index (χ0) is 30.1. The smallest absolute Gasteiger partial charge is 0.225 e. The summed E-state index contributed by atoms with van der Waals surface area (Å²) in [7, 11) is 1.87. The summed E-state index contributed by atoms with van der Waals surface area (Å²) in [6, 6.07) is 16.4. The summed E-state index contributed by atoms with van der Waals surface area (Å²) < 4.78 is 15.4. The van der Waals surface area contributed by atoms with Gasteiger partial charge in [0.15, 0.2) is 5.82 Å². The molecule has 0 unspecified atom stereocenters. The third-order valence-electron chi connectivity index (χ3n) is 8.85. The van der Waals surface area contributed by atoms with Crippen molar-refractivity contribution in [1.82, 2.24) is 15.1 Å². The lowest BCUT2D eigenvalue weighted by atomic mass is 9.63. The first kappa shape index (κ1) is 29.8. The maximum absolute atomic E-state index is 15.4. The molecule has 9 heteroatoms. The lowest BCUT2D eigenvalue weighted by Crippen LogP contribution is -2.58. The van der Waals surface area contributed by atoms with E-state index >= 15 is 4.39 Å². The van der Waals surface area contributed by atoms with E-state index in [9.17, 15) is 14.7 Å². The number of aliphatic hydroxyl groups is 1. The van der Waals surface area contributed by atoms with Crippen LogP contribution in [0.4, 0.5) is 10.2 Å². The third-order valence-corrected chi connectivity index (χ3v) is 8.85. The van der Waals surface area contributed by atoms with E-state index in [1.54, 1.807) is 25.1 Å². The van der Waals surface area contributed by atoms with Crippen molar-refractivity contribution in [2.75, 3.05) is 12.4 Å². The molecule has 3 aromatic rings. The minimum Gasteiger partial charge on any atom is -0.390 e. The predicted octanol–water partition coefficient (Wildman–Crippen LogP) is 5.40. The van der Waals surface area contributed by atoms with E-state index in [4.69, 9.17) is 5.73 Å². The van der Waals surface area contributed by atoms with Crippen LogP contribution in [0.1, 0.15) is 70.8 Å². The quantitative estimate of drug-likeness (QED) is 0.332. The normalized spacial score (nSPS) is 25.4. The van der Waals surface area contributed by atoms with Gasteiger partial charge in [-0.05, 0) is 69.1 Å². The second kappa shape index (κ2) is 11.9. The van der Waals surface area contributed by atoms with Crippen LogP contribution in [0.2, 0.25) is 0 Å². The van der Waals surface area contributed by atoms with E-state index in [2.05, 4.69) is 15.5 Å². The molecule has 4 N–H and O–H groups in total. The number of hydrogen-bond donors (Lipinski definition) is 3. The predicted molar refractivity (Wildman–Crippen MR) is 161 cm³/mol. The number of halogens is 1. The van der Waals surface area contributed by atoms with Gasteiger partial charge in [-0.25, -0.2) is 4.39 Å². The molecule has 0 atom stereocenters. The molecule has 2 aliphatic rings. The molecule has 5 rings (SSSR count). The van der Waals surface area contributed by atoms with Crippen molar-refractivity contribution in [3.05, 3.63) is 66.0 Å². The number of aromatic nitrogens is 2. The van der Waals surface area contributed by atoms with Gasteiger partial charge in [-0.3, -0.25) is 9.59 Å². The Balaban J connectivity index is 1.31. The molecule has 0 saturated heterocycles. The lowest BCUT2D eigenvalue weighted by Gasteiger charge is -2.49. The van der Waals surface area contributed by atoms with Crippen molar-refractivity contribution in [3.8, 4) is 22.4 Å². The topological polar surface area (TPSA) is 121 Å². The summed E-state index contributed by atoms with van der Waals surface area (Å²) >= 11 is 0. The molecule has 1 heterocycles. The number of carbonyl (C=O) groups is 2. The molecule has 0 radical (unpaired) electrons. The fraction of sp³-hybridized carbons (Fsp3) is 0.455. The van der Waals surface area contributed by atoms with Gasteiger partial charge in [0.05, 0.1) is 5.60 Å². The third kappa shape index (κ3) is 6.37. The summed E-state index contributed by atoms with van der Waals surface area (Å²) in [5, 5.41) is 21.8. The number of nitrogens with one attached hydrogen (secondary N) is 1. The number of nitrogens with two attached hydrogens (primary N) is 1. The van der Waals surface area contributed by atoms with Gasteiger partial charge in [-0.1, -0.05) is 49.4 Å². The van der Waals surface area contributed by atoms with Crippen LogP contribution in [0.25, 0.3) is 22.4 Å². The Bertz CT molecular complexity index is 1450. The standard InChI is InChI=1S/C33H40FN5O3/c1-4-30(41)39(3)24-13-10-21(11-14-24)16-29(40)36-28-18-25(22-8-6-5-7-9-22)31(38-37-28)23-12-15-26(27(34)17-23)33(35)19-32(2,42)20-33/h5-9,12,15,17-18,21,24,42H,4,10-11,13-14,16,19-20,35H2,1-3H3,(H,36,37,40). The van der Waals surface area contributed by atoms with Gasteiger partial charge in [0.1, 0.15) is 11.5 Å². The molecule has 2 aliphatic carbocycles. The van der Waals surface area contributed by atoms with E-state index < -0.39 is 17.0 Å². The maximum Gasteiger partial charge on any atom is 0.225 e. The summed E-state index contributed by atoms with van der Waals surface area (Å²) in [5.74, 6) is 0.154. The molecule has 8 nitrogen and oxygen atoms in total. The first-order chi connectivity index (χ1) is 20.0. The molecule has 2 fully saturated rings. The average molecular weight is 574 g/mol. The number of benzene rings is 2. The van der Waals surface area contributed by atoms with E-state index in [0.717, 1.165) is 31.2 Å². The number of rotatable bonds is 8. The van der Waals surface area contributed by atoms with Gasteiger partial charge in [-0.15, -0.1) is 10.2 Å². The molecule has 42 heavy (non-hydrogen) atoms. The van der Waals surface area contributed by atoms with Crippen LogP contribution in [-0.2, 0) is 15.1 Å². The molecule has 2 aromatic carbocycles. The highest BCUT2D eigenvalue weighted by Crippen LogP contribution is 2.47. The Morgan fingerprint density at radius 2 is 1.74 bits per heavy atom. The molecule has 2 amide bonds. The van der Waals surface area contributed by atoms with Crippen molar-refractivity contribution in [2.45, 2.75) is 82.4 Å². The molecular formula is C33H40FN5O3. The van der Waals surface area contributed by atoms with Gasteiger partial charge < -0.3 is 21.1 Å². The Labute approximate surface area is 246 Å². The maximum atomic E-state index is 15.4. The van der Waals surface area contributed by atoms with Crippen LogP contribution in [0.3, 0.4) is 0 Å². The summed E-state index contributed by atoms with van der Waals surface area (Å²) in [5.41, 5.74) is 7.57. The lowest BCUT2D eigenvalue weighted by molar-refractivity contribution is -0.132. The zero-order valence-electron chi connectivity index (χ0n) is 24.6. The van der Waals surface area contributed by atoms with Crippen molar-refractivity contribution < 1.29 is 19.1 Å². The second-order valence-corrected chi connectivity index (χ2v) is 12.3. The van der Waals surface area contributed by atoms with Gasteiger partial charge in [-0.2, -0.15) is 0 Å². The van der Waals surface area contributed by atoms with Crippen molar-refractivity contribution in [3.63, 3.8) is 0 Å². The van der Waals surface area contributed by atoms with Crippen molar-refractivity contribution in [1.29, 1.82) is 0 Å². The minimum atomic E-state index is -0.906. The summed E-state index contributed by atoms with van der Waals surface area (Å²) in [6.45, 7) is 3.58. The highest BCUT2D eigenvalue weighted by Gasteiger charge is 2.50. The number of anilines is 1. The Morgan fingerprint density at radius 1 is 1.05 bits per heavy atom. The molecule has 0 aliphatic heterocycles. The summed E-state index contributed by atoms with van der Waals surface area (Å²) in [6.07, 6.45) is 5.03. The Kier molecular flexibility index (Phi) is 8.44. The van der Waals surface area contributed by atoms with Gasteiger partial charge in [0.25, 0.3) is 0 Å². The Hall–Kier alpha value is -3.69. The summed E-state index contributed by atoms with van der Waals surface area (Å²) in [4.78, 5) is 26.9. The SMILES string of the molecule is CCC(=O)N(C)C1CCC(CC(=O)Nc2cc(-c3ccccc3)c(-c3ccc(C4(N)CC(C)(O)C4)c(F)c3)nn2)CC1. The molecule has 0 bridgehead atoms. The van der Waals surface area contributed by atoms with Gasteiger partial charge in [0.2, 0.25) is 11.8 Å². The fourth-order valence-electron chi connectivity index (χ4n) is 6.71. The first-order valence-electron chi connectivity index (χ1n) is 14.8. The van der Waals surface area contributed by atoms with Crippen LogP contribution in [-0.4, -0.2) is 50.7 Å². The second-order valence-electron chi connectivity index (χ2n) is 12.3. The van der Waals surface area contributed by atoms with Crippen molar-refractivity contribution in [2.24, 2.45) is 11.7 Å². The zero-order valence-corrected chi connectivity index (χ0v) is 24.6. The molecule has 1 aromatic heterocycles. The fourth-order valence-corrected chi connectivity index (χ4v) is 6.71. The average Bonchev–Trinajstić information content (AvgIpc) is 2.96. The monoisotopic (exact) mass is 573 g/mol. The molecule has 2 saturated carbocycles. The van der Waals surface area contributed by atoms with Crippen molar-refractivity contribution >= 4 is 17.6 Å². The van der Waals surface area contributed by atoms with Crippen LogP contribution < -0.4 is 11.1 Å². The highest BCUT2D eigenvalue weighted by atomic mass is 19.1. The number of carbonyl (C=O) groups excluding carboxylic acids is 2. The molecular weight excluding hydrogens is 533 g/mol.